The smallest absolute Gasteiger partial charge is 0.271 e. The van der Waals surface area contributed by atoms with Crippen molar-refractivity contribution >= 4 is 11.6 Å². The standard InChI is InChI=1S/C16H18N4O/c1-2-3-4-7-11-18-16(21)14-10-12-20(19-14)15-9-6-5-8-13(15)17/h1,5-6,8-10,12H,3-4,7,11,17H2,(H,18,21). The number of carbonyl (C=O) groups is 1. The van der Waals surface area contributed by atoms with Gasteiger partial charge < -0.3 is 11.1 Å². The molecule has 1 aromatic heterocycles. The average molecular weight is 282 g/mol. The Bertz CT molecular complexity index is 654. The maximum atomic E-state index is 11.9. The highest BCUT2D eigenvalue weighted by Crippen LogP contribution is 2.15. The minimum Gasteiger partial charge on any atom is -0.397 e. The highest BCUT2D eigenvalue weighted by atomic mass is 16.1. The molecule has 2 aromatic rings. The molecule has 0 radical (unpaired) electrons. The van der Waals surface area contributed by atoms with Crippen molar-refractivity contribution in [1.82, 2.24) is 15.1 Å². The second-order valence-electron chi connectivity index (χ2n) is 4.62. The van der Waals surface area contributed by atoms with Gasteiger partial charge in [-0.3, -0.25) is 4.79 Å². The third-order valence-electron chi connectivity index (χ3n) is 3.04. The summed E-state index contributed by atoms with van der Waals surface area (Å²) in [5.41, 5.74) is 7.63. The zero-order valence-electron chi connectivity index (χ0n) is 11.7. The molecule has 1 aromatic carbocycles. The Labute approximate surface area is 124 Å². The zero-order valence-corrected chi connectivity index (χ0v) is 11.7. The Kier molecular flexibility index (Phi) is 4.99. The molecule has 0 unspecified atom stereocenters. The summed E-state index contributed by atoms with van der Waals surface area (Å²) in [5, 5.41) is 7.07. The van der Waals surface area contributed by atoms with Gasteiger partial charge in [-0.25, -0.2) is 4.68 Å². The molecule has 5 nitrogen and oxygen atoms in total. The monoisotopic (exact) mass is 282 g/mol. The lowest BCUT2D eigenvalue weighted by Gasteiger charge is -2.05. The van der Waals surface area contributed by atoms with Crippen LogP contribution in [0.25, 0.3) is 5.69 Å². The van der Waals surface area contributed by atoms with E-state index in [-0.39, 0.29) is 5.91 Å². The molecule has 21 heavy (non-hydrogen) atoms. The van der Waals surface area contributed by atoms with E-state index in [2.05, 4.69) is 16.3 Å². The predicted molar refractivity (Wildman–Crippen MR) is 83.0 cm³/mol. The number of para-hydroxylation sites is 2. The minimum absolute atomic E-state index is 0.191. The summed E-state index contributed by atoms with van der Waals surface area (Å²) >= 11 is 0. The molecule has 1 amide bonds. The number of amides is 1. The summed E-state index contributed by atoms with van der Waals surface area (Å²) < 4.78 is 1.60. The molecule has 0 fully saturated rings. The summed E-state index contributed by atoms with van der Waals surface area (Å²) in [6.45, 7) is 0.598. The van der Waals surface area contributed by atoms with Crippen LogP contribution in [0.5, 0.6) is 0 Å². The van der Waals surface area contributed by atoms with Crippen molar-refractivity contribution in [3.63, 3.8) is 0 Å². The number of nitrogen functional groups attached to an aromatic ring is 1. The van der Waals surface area contributed by atoms with E-state index < -0.39 is 0 Å². The highest BCUT2D eigenvalue weighted by molar-refractivity contribution is 5.92. The van der Waals surface area contributed by atoms with Crippen molar-refractivity contribution in [2.45, 2.75) is 19.3 Å². The number of rotatable bonds is 6. The number of unbranched alkanes of at least 4 members (excludes halogenated alkanes) is 2. The van der Waals surface area contributed by atoms with Crippen molar-refractivity contribution in [1.29, 1.82) is 0 Å². The number of anilines is 1. The van der Waals surface area contributed by atoms with Crippen LogP contribution < -0.4 is 11.1 Å². The third-order valence-corrected chi connectivity index (χ3v) is 3.04. The predicted octanol–water partition coefficient (Wildman–Crippen LogP) is 1.99. The Balaban J connectivity index is 1.95. The summed E-state index contributed by atoms with van der Waals surface area (Å²) in [5.74, 6) is 2.38. The van der Waals surface area contributed by atoms with Gasteiger partial charge in [0.1, 0.15) is 0 Å². The van der Waals surface area contributed by atoms with Crippen molar-refractivity contribution in [2.75, 3.05) is 12.3 Å². The largest absolute Gasteiger partial charge is 0.397 e. The Morgan fingerprint density at radius 1 is 1.33 bits per heavy atom. The quantitative estimate of drug-likeness (QED) is 0.483. The summed E-state index contributed by atoms with van der Waals surface area (Å²) in [6.07, 6.45) is 9.40. The SMILES string of the molecule is C#CCCCCNC(=O)c1ccn(-c2ccccc2N)n1. The number of carbonyl (C=O) groups excluding carboxylic acids is 1. The van der Waals surface area contributed by atoms with Crippen molar-refractivity contribution < 1.29 is 4.79 Å². The van der Waals surface area contributed by atoms with Gasteiger partial charge in [-0.05, 0) is 31.0 Å². The lowest BCUT2D eigenvalue weighted by atomic mass is 10.2. The van der Waals surface area contributed by atoms with Crippen LogP contribution in [0.2, 0.25) is 0 Å². The van der Waals surface area contributed by atoms with E-state index in [9.17, 15) is 4.79 Å². The number of nitrogens with two attached hydrogens (primary N) is 1. The molecule has 0 atom stereocenters. The fourth-order valence-electron chi connectivity index (χ4n) is 1.92. The summed E-state index contributed by atoms with van der Waals surface area (Å²) in [6, 6.07) is 9.04. The van der Waals surface area contributed by atoms with Gasteiger partial charge in [0, 0.05) is 19.2 Å². The molecule has 0 aliphatic carbocycles. The third kappa shape index (κ3) is 3.86. The number of nitrogens with zero attached hydrogens (tertiary/aromatic N) is 2. The second-order valence-corrected chi connectivity index (χ2v) is 4.62. The van der Waals surface area contributed by atoms with Gasteiger partial charge in [0.05, 0.1) is 11.4 Å². The second kappa shape index (κ2) is 7.15. The first-order valence-corrected chi connectivity index (χ1v) is 6.84. The van der Waals surface area contributed by atoms with E-state index in [0.717, 1.165) is 24.9 Å². The fraction of sp³-hybridized carbons (Fsp3) is 0.250. The van der Waals surface area contributed by atoms with Crippen LogP contribution in [-0.4, -0.2) is 22.2 Å². The number of hydrogen-bond acceptors (Lipinski definition) is 3. The van der Waals surface area contributed by atoms with Crippen molar-refractivity contribution in [2.24, 2.45) is 0 Å². The molecule has 0 saturated carbocycles. The molecule has 108 valence electrons. The van der Waals surface area contributed by atoms with Crippen LogP contribution in [0.3, 0.4) is 0 Å². The van der Waals surface area contributed by atoms with E-state index in [0.29, 0.717) is 17.9 Å². The molecular weight excluding hydrogens is 264 g/mol. The number of benzene rings is 1. The molecule has 5 heteroatoms. The molecule has 3 N–H and O–H groups in total. The van der Waals surface area contributed by atoms with Crippen LogP contribution >= 0.6 is 0 Å². The maximum absolute atomic E-state index is 11.9. The minimum atomic E-state index is -0.191. The van der Waals surface area contributed by atoms with Crippen LogP contribution in [-0.2, 0) is 0 Å². The number of hydrogen-bond donors (Lipinski definition) is 2. The average Bonchev–Trinajstić information content (AvgIpc) is 2.97. The Hall–Kier alpha value is -2.74. The number of aromatic nitrogens is 2. The number of nitrogens with one attached hydrogen (secondary N) is 1. The van der Waals surface area contributed by atoms with E-state index in [4.69, 9.17) is 12.2 Å². The van der Waals surface area contributed by atoms with Crippen molar-refractivity contribution in [3.05, 3.63) is 42.2 Å². The Morgan fingerprint density at radius 2 is 2.14 bits per heavy atom. The molecule has 0 spiro atoms. The van der Waals surface area contributed by atoms with Gasteiger partial charge >= 0.3 is 0 Å². The van der Waals surface area contributed by atoms with Crippen LogP contribution in [0.15, 0.2) is 36.5 Å². The zero-order chi connectivity index (χ0) is 15.1. The van der Waals surface area contributed by atoms with Gasteiger partial charge in [0.25, 0.3) is 5.91 Å². The lowest BCUT2D eigenvalue weighted by Crippen LogP contribution is -2.25. The highest BCUT2D eigenvalue weighted by Gasteiger charge is 2.10. The van der Waals surface area contributed by atoms with Crippen LogP contribution in [0.1, 0.15) is 29.8 Å². The first-order valence-electron chi connectivity index (χ1n) is 6.84. The van der Waals surface area contributed by atoms with Gasteiger partial charge in [-0.2, -0.15) is 5.10 Å². The maximum Gasteiger partial charge on any atom is 0.271 e. The van der Waals surface area contributed by atoms with Gasteiger partial charge in [0.15, 0.2) is 5.69 Å². The van der Waals surface area contributed by atoms with E-state index in [1.807, 2.05) is 18.2 Å². The van der Waals surface area contributed by atoms with Gasteiger partial charge in [-0.15, -0.1) is 12.3 Å². The summed E-state index contributed by atoms with van der Waals surface area (Å²) in [7, 11) is 0. The van der Waals surface area contributed by atoms with Gasteiger partial charge in [0.2, 0.25) is 0 Å². The molecule has 1 heterocycles. The first kappa shape index (κ1) is 14.7. The van der Waals surface area contributed by atoms with E-state index in [1.54, 1.807) is 23.0 Å². The molecule has 0 aliphatic rings. The topological polar surface area (TPSA) is 72.9 Å². The fourth-order valence-corrected chi connectivity index (χ4v) is 1.92. The van der Waals surface area contributed by atoms with Crippen LogP contribution in [0, 0.1) is 12.3 Å². The lowest BCUT2D eigenvalue weighted by molar-refractivity contribution is 0.0947. The molecule has 0 saturated heterocycles. The normalized spacial score (nSPS) is 10.0. The van der Waals surface area contributed by atoms with Gasteiger partial charge in [-0.1, -0.05) is 12.1 Å². The molecule has 0 bridgehead atoms. The first-order chi connectivity index (χ1) is 10.2. The number of terminal acetylenes is 1. The van der Waals surface area contributed by atoms with E-state index in [1.165, 1.54) is 0 Å². The molecule has 0 aliphatic heterocycles. The molecule has 2 rings (SSSR count). The van der Waals surface area contributed by atoms with Crippen LogP contribution in [0.4, 0.5) is 5.69 Å². The van der Waals surface area contributed by atoms with E-state index >= 15 is 0 Å². The van der Waals surface area contributed by atoms with Crippen molar-refractivity contribution in [3.8, 4) is 18.0 Å². The molecular formula is C16H18N4O. The Morgan fingerprint density at radius 3 is 2.90 bits per heavy atom. The summed E-state index contributed by atoms with van der Waals surface area (Å²) in [4.78, 5) is 11.9.